The van der Waals surface area contributed by atoms with E-state index in [0.717, 1.165) is 57.6 Å². The zero-order valence-electron chi connectivity index (χ0n) is 18.3. The zero-order chi connectivity index (χ0) is 21.1. The number of hydrogen-bond acceptors (Lipinski definition) is 4. The molecule has 1 saturated carbocycles. The predicted molar refractivity (Wildman–Crippen MR) is 116 cm³/mol. The third-order valence-electron chi connectivity index (χ3n) is 6.42. The van der Waals surface area contributed by atoms with Crippen molar-refractivity contribution in [2.45, 2.75) is 64.6 Å². The summed E-state index contributed by atoms with van der Waals surface area (Å²) in [6.45, 7) is 8.48. The minimum Gasteiger partial charge on any atom is -0.491 e. The number of carbonyl (C=O) groups excluding carboxylic acids is 2. The van der Waals surface area contributed by atoms with Crippen LogP contribution in [0.3, 0.4) is 0 Å². The molecule has 6 nitrogen and oxygen atoms in total. The van der Waals surface area contributed by atoms with Crippen LogP contribution in [0.25, 0.3) is 0 Å². The van der Waals surface area contributed by atoms with Crippen LogP contribution in [-0.4, -0.2) is 59.9 Å². The Bertz CT molecular complexity index is 754. The number of rotatable bonds is 8. The Balaban J connectivity index is 1.23. The molecule has 1 aliphatic carbocycles. The maximum Gasteiger partial charge on any atom is 0.225 e. The Labute approximate surface area is 179 Å². The van der Waals surface area contributed by atoms with E-state index in [-0.39, 0.29) is 23.8 Å². The number of para-hydroxylation sites is 1. The number of piperidine rings is 1. The second kappa shape index (κ2) is 9.38. The molecule has 0 radical (unpaired) electrons. The Morgan fingerprint density at radius 1 is 1.17 bits per heavy atom. The second-order valence-electron chi connectivity index (χ2n) is 9.48. The van der Waals surface area contributed by atoms with Crippen LogP contribution in [-0.2, 0) is 16.1 Å². The summed E-state index contributed by atoms with van der Waals surface area (Å²) in [5, 5.41) is 3.05. The SMILES string of the molecule is CC(C)Oc1ccccc1CN1CCC(CN2CC(C(=O)NC3CC3)CC2=O)CC1. The number of ether oxygens (including phenoxy) is 1. The molecular weight excluding hydrogens is 378 g/mol. The molecule has 3 fully saturated rings. The van der Waals surface area contributed by atoms with Gasteiger partial charge in [-0.15, -0.1) is 0 Å². The highest BCUT2D eigenvalue weighted by atomic mass is 16.5. The van der Waals surface area contributed by atoms with Crippen LogP contribution in [0.4, 0.5) is 0 Å². The van der Waals surface area contributed by atoms with E-state index in [0.29, 0.717) is 24.9 Å². The lowest BCUT2D eigenvalue weighted by atomic mass is 9.95. The summed E-state index contributed by atoms with van der Waals surface area (Å²) < 4.78 is 5.96. The minimum atomic E-state index is -0.157. The van der Waals surface area contributed by atoms with Gasteiger partial charge in [-0.05, 0) is 64.6 Å². The molecule has 0 spiro atoms. The molecule has 1 atom stereocenters. The van der Waals surface area contributed by atoms with Crippen molar-refractivity contribution in [1.82, 2.24) is 15.1 Å². The molecule has 2 saturated heterocycles. The third kappa shape index (κ3) is 5.54. The first-order valence-corrected chi connectivity index (χ1v) is 11.5. The van der Waals surface area contributed by atoms with Crippen LogP contribution >= 0.6 is 0 Å². The number of hydrogen-bond donors (Lipinski definition) is 1. The van der Waals surface area contributed by atoms with Gasteiger partial charge in [-0.25, -0.2) is 0 Å². The van der Waals surface area contributed by atoms with Crippen molar-refractivity contribution in [3.8, 4) is 5.75 Å². The number of amides is 2. The summed E-state index contributed by atoms with van der Waals surface area (Å²) >= 11 is 0. The van der Waals surface area contributed by atoms with Gasteiger partial charge in [0.05, 0.1) is 12.0 Å². The summed E-state index contributed by atoms with van der Waals surface area (Å²) in [5.41, 5.74) is 1.24. The summed E-state index contributed by atoms with van der Waals surface area (Å²) in [5.74, 6) is 1.57. The number of likely N-dealkylation sites (tertiary alicyclic amines) is 2. The minimum absolute atomic E-state index is 0.0745. The van der Waals surface area contributed by atoms with Crippen LogP contribution in [0.2, 0.25) is 0 Å². The highest BCUT2D eigenvalue weighted by molar-refractivity contribution is 5.89. The molecule has 1 aromatic rings. The molecular formula is C24H35N3O3. The van der Waals surface area contributed by atoms with E-state index in [2.05, 4.69) is 42.3 Å². The fourth-order valence-electron chi connectivity index (χ4n) is 4.55. The van der Waals surface area contributed by atoms with Gasteiger partial charge in [0, 0.05) is 37.7 Å². The Morgan fingerprint density at radius 3 is 2.60 bits per heavy atom. The average Bonchev–Trinajstić information content (AvgIpc) is 3.45. The maximum absolute atomic E-state index is 12.4. The molecule has 3 aliphatic rings. The molecule has 1 aromatic carbocycles. The van der Waals surface area contributed by atoms with E-state index in [1.54, 1.807) is 0 Å². The molecule has 0 bridgehead atoms. The van der Waals surface area contributed by atoms with Crippen molar-refractivity contribution in [2.24, 2.45) is 11.8 Å². The number of benzene rings is 1. The van der Waals surface area contributed by atoms with Crippen LogP contribution in [0.1, 0.15) is 51.5 Å². The van der Waals surface area contributed by atoms with E-state index < -0.39 is 0 Å². The van der Waals surface area contributed by atoms with Gasteiger partial charge in [-0.3, -0.25) is 14.5 Å². The van der Waals surface area contributed by atoms with E-state index in [4.69, 9.17) is 4.74 Å². The predicted octanol–water partition coefficient (Wildman–Crippen LogP) is 2.81. The van der Waals surface area contributed by atoms with Crippen molar-refractivity contribution in [3.63, 3.8) is 0 Å². The Kier molecular flexibility index (Phi) is 6.61. The second-order valence-corrected chi connectivity index (χ2v) is 9.48. The number of nitrogens with zero attached hydrogens (tertiary/aromatic N) is 2. The van der Waals surface area contributed by atoms with Crippen LogP contribution < -0.4 is 10.1 Å². The van der Waals surface area contributed by atoms with Gasteiger partial charge >= 0.3 is 0 Å². The van der Waals surface area contributed by atoms with Crippen molar-refractivity contribution < 1.29 is 14.3 Å². The molecule has 164 valence electrons. The Morgan fingerprint density at radius 2 is 1.90 bits per heavy atom. The van der Waals surface area contributed by atoms with Crippen molar-refractivity contribution >= 4 is 11.8 Å². The molecule has 2 aliphatic heterocycles. The van der Waals surface area contributed by atoms with Crippen LogP contribution in [0.15, 0.2) is 24.3 Å². The van der Waals surface area contributed by atoms with Gasteiger partial charge in [0.25, 0.3) is 0 Å². The largest absolute Gasteiger partial charge is 0.491 e. The summed E-state index contributed by atoms with van der Waals surface area (Å²) in [6, 6.07) is 8.67. The first-order chi connectivity index (χ1) is 14.5. The molecule has 1 unspecified atom stereocenters. The standard InChI is InChI=1S/C24H35N3O3/c1-17(2)30-22-6-4-3-5-19(22)15-26-11-9-18(10-12-26)14-27-16-20(13-23(27)28)24(29)25-21-7-8-21/h3-6,17-18,20-21H,7-16H2,1-2H3,(H,25,29). The van der Waals surface area contributed by atoms with Gasteiger partial charge in [0.2, 0.25) is 11.8 Å². The fourth-order valence-corrected chi connectivity index (χ4v) is 4.55. The van der Waals surface area contributed by atoms with Gasteiger partial charge in [-0.2, -0.15) is 0 Å². The molecule has 4 rings (SSSR count). The lowest BCUT2D eigenvalue weighted by Gasteiger charge is -2.34. The maximum atomic E-state index is 12.4. The lowest BCUT2D eigenvalue weighted by Crippen LogP contribution is -2.39. The normalized spacial score (nSPS) is 23.2. The zero-order valence-corrected chi connectivity index (χ0v) is 18.3. The van der Waals surface area contributed by atoms with E-state index in [1.807, 2.05) is 11.0 Å². The van der Waals surface area contributed by atoms with E-state index >= 15 is 0 Å². The first kappa shape index (κ1) is 21.2. The molecule has 0 aromatic heterocycles. The Hall–Kier alpha value is -2.08. The lowest BCUT2D eigenvalue weighted by molar-refractivity contribution is -0.129. The summed E-state index contributed by atoms with van der Waals surface area (Å²) in [4.78, 5) is 29.1. The van der Waals surface area contributed by atoms with Crippen LogP contribution in [0, 0.1) is 11.8 Å². The highest BCUT2D eigenvalue weighted by Crippen LogP contribution is 2.27. The molecule has 6 heteroatoms. The first-order valence-electron chi connectivity index (χ1n) is 11.5. The van der Waals surface area contributed by atoms with Crippen molar-refractivity contribution in [1.29, 1.82) is 0 Å². The monoisotopic (exact) mass is 413 g/mol. The number of nitrogens with one attached hydrogen (secondary N) is 1. The van der Waals surface area contributed by atoms with Crippen molar-refractivity contribution in [2.75, 3.05) is 26.2 Å². The molecule has 2 amide bonds. The van der Waals surface area contributed by atoms with Crippen molar-refractivity contribution in [3.05, 3.63) is 29.8 Å². The van der Waals surface area contributed by atoms with E-state index in [9.17, 15) is 9.59 Å². The third-order valence-corrected chi connectivity index (χ3v) is 6.42. The topological polar surface area (TPSA) is 61.9 Å². The molecule has 30 heavy (non-hydrogen) atoms. The summed E-state index contributed by atoms with van der Waals surface area (Å²) in [7, 11) is 0. The van der Waals surface area contributed by atoms with Crippen LogP contribution in [0.5, 0.6) is 5.75 Å². The molecule has 1 N–H and O–H groups in total. The molecule has 2 heterocycles. The average molecular weight is 414 g/mol. The van der Waals surface area contributed by atoms with E-state index in [1.165, 1.54) is 5.56 Å². The summed E-state index contributed by atoms with van der Waals surface area (Å²) in [6.07, 6.45) is 4.91. The van der Waals surface area contributed by atoms with Gasteiger partial charge in [0.1, 0.15) is 5.75 Å². The van der Waals surface area contributed by atoms with Gasteiger partial charge in [0.15, 0.2) is 0 Å². The number of carbonyl (C=O) groups is 2. The van der Waals surface area contributed by atoms with Gasteiger partial charge in [-0.1, -0.05) is 18.2 Å². The fraction of sp³-hybridized carbons (Fsp3) is 0.667. The smallest absolute Gasteiger partial charge is 0.225 e. The van der Waals surface area contributed by atoms with Gasteiger partial charge < -0.3 is 15.0 Å². The highest BCUT2D eigenvalue weighted by Gasteiger charge is 2.37. The quantitative estimate of drug-likeness (QED) is 0.712.